The molecular formula is C25H44OS2Si3. The van der Waals surface area contributed by atoms with E-state index >= 15 is 0 Å². The highest BCUT2D eigenvalue weighted by molar-refractivity contribution is 7.41. The van der Waals surface area contributed by atoms with E-state index in [0.29, 0.717) is 0 Å². The van der Waals surface area contributed by atoms with Crippen LogP contribution in [0.15, 0.2) is 6.07 Å². The monoisotopic (exact) mass is 508 g/mol. The van der Waals surface area contributed by atoms with Crippen molar-refractivity contribution in [2.24, 2.45) is 0 Å². The molecule has 174 valence electrons. The van der Waals surface area contributed by atoms with Crippen molar-refractivity contribution >= 4 is 65.6 Å². The zero-order valence-corrected chi connectivity index (χ0v) is 26.0. The maximum atomic E-state index is 11.0. The lowest BCUT2D eigenvalue weighted by atomic mass is 10.1. The van der Waals surface area contributed by atoms with Crippen LogP contribution >= 0.6 is 22.7 Å². The first kappa shape index (κ1) is 25.6. The summed E-state index contributed by atoms with van der Waals surface area (Å²) >= 11 is 4.14. The van der Waals surface area contributed by atoms with Gasteiger partial charge in [0.15, 0.2) is 0 Å². The van der Waals surface area contributed by atoms with Gasteiger partial charge in [0.2, 0.25) is 0 Å². The Balaban J connectivity index is 1.93. The van der Waals surface area contributed by atoms with E-state index in [1.165, 1.54) is 42.5 Å². The minimum absolute atomic E-state index is 0.277. The van der Waals surface area contributed by atoms with Crippen LogP contribution in [0.4, 0.5) is 0 Å². The zero-order valence-electron chi connectivity index (χ0n) is 21.4. The third kappa shape index (κ3) is 5.09. The molecule has 3 heterocycles. The van der Waals surface area contributed by atoms with Crippen LogP contribution in [0.5, 0.6) is 0 Å². The van der Waals surface area contributed by atoms with Gasteiger partial charge in [0, 0.05) is 9.38 Å². The Morgan fingerprint density at radius 1 is 0.871 bits per heavy atom. The second kappa shape index (κ2) is 9.34. The molecule has 1 unspecified atom stereocenters. The number of hydrogen-bond donors (Lipinski definition) is 1. The Bertz CT molecular complexity index is 913. The highest BCUT2D eigenvalue weighted by Gasteiger charge is 2.47. The average molecular weight is 509 g/mol. The number of hydrogen-bond acceptors (Lipinski definition) is 3. The van der Waals surface area contributed by atoms with Crippen molar-refractivity contribution in [3.63, 3.8) is 0 Å². The summed E-state index contributed by atoms with van der Waals surface area (Å²) < 4.78 is 5.13. The van der Waals surface area contributed by atoms with Crippen LogP contribution in [0.1, 0.15) is 62.9 Å². The predicted octanol–water partition coefficient (Wildman–Crippen LogP) is 6.49. The van der Waals surface area contributed by atoms with E-state index in [1.807, 2.05) is 11.3 Å². The summed E-state index contributed by atoms with van der Waals surface area (Å²) in [5.41, 5.74) is 3.16. The van der Waals surface area contributed by atoms with Crippen LogP contribution in [0.3, 0.4) is 0 Å². The van der Waals surface area contributed by atoms with Crippen molar-refractivity contribution in [2.75, 3.05) is 0 Å². The normalized spacial score (nSPS) is 16.5. The average Bonchev–Trinajstić information content (AvgIpc) is 3.29. The van der Waals surface area contributed by atoms with E-state index in [0.717, 1.165) is 12.8 Å². The third-order valence-electron chi connectivity index (χ3n) is 6.64. The number of aliphatic hydroxyl groups is 1. The van der Waals surface area contributed by atoms with E-state index in [4.69, 9.17) is 0 Å². The van der Waals surface area contributed by atoms with Crippen molar-refractivity contribution in [3.05, 3.63) is 10.9 Å². The first-order valence-electron chi connectivity index (χ1n) is 12.3. The second-order valence-corrected chi connectivity index (χ2v) is 29.5. The lowest BCUT2D eigenvalue weighted by Crippen LogP contribution is -2.58. The highest BCUT2D eigenvalue weighted by Crippen LogP contribution is 2.38. The van der Waals surface area contributed by atoms with Crippen molar-refractivity contribution < 1.29 is 5.11 Å². The molecule has 0 bridgehead atoms. The maximum absolute atomic E-state index is 11.0. The number of unbranched alkanes of at least 4 members (excludes halogenated alkanes) is 5. The summed E-state index contributed by atoms with van der Waals surface area (Å²) in [5, 5.41) is 12.8. The molecule has 0 aliphatic carbocycles. The number of aliphatic hydroxyl groups excluding tert-OH is 1. The maximum Gasteiger partial charge on any atom is 0.127 e. The largest absolute Gasteiger partial charge is 0.388 e. The Morgan fingerprint density at radius 2 is 1.45 bits per heavy atom. The molecule has 0 saturated carbocycles. The highest BCUT2D eigenvalue weighted by atomic mass is 32.1. The summed E-state index contributed by atoms with van der Waals surface area (Å²) in [5.74, 6) is 0. The molecule has 0 radical (unpaired) electrons. The van der Waals surface area contributed by atoms with Crippen LogP contribution in [0, 0.1) is 0 Å². The Morgan fingerprint density at radius 3 is 2.03 bits per heavy atom. The molecule has 0 amide bonds. The molecule has 31 heavy (non-hydrogen) atoms. The van der Waals surface area contributed by atoms with Crippen molar-refractivity contribution in [3.8, 4) is 11.1 Å². The van der Waals surface area contributed by atoms with Crippen LogP contribution in [0.2, 0.25) is 52.4 Å². The Kier molecular flexibility index (Phi) is 7.72. The van der Waals surface area contributed by atoms with Crippen LogP contribution in [0.25, 0.3) is 11.1 Å². The molecule has 1 aliphatic rings. The van der Waals surface area contributed by atoms with E-state index in [2.05, 4.69) is 76.7 Å². The van der Waals surface area contributed by atoms with Gasteiger partial charge in [-0.2, -0.15) is 11.3 Å². The molecule has 1 atom stereocenters. The minimum atomic E-state index is -1.70. The minimum Gasteiger partial charge on any atom is -0.388 e. The van der Waals surface area contributed by atoms with E-state index in [-0.39, 0.29) is 6.10 Å². The SMILES string of the molecule is CCCCCCCCC(O)c1cc2c(s1)[Si](C)(C)c1c([Si](C)(C)C)sc([Si](C)(C)C)c1-2. The summed E-state index contributed by atoms with van der Waals surface area (Å²) in [4.78, 5) is 1.23. The van der Waals surface area contributed by atoms with E-state index in [1.54, 1.807) is 24.3 Å². The zero-order chi connectivity index (χ0) is 23.2. The Labute approximate surface area is 202 Å². The number of thiophene rings is 2. The number of rotatable bonds is 10. The van der Waals surface area contributed by atoms with Gasteiger partial charge in [0.05, 0.1) is 22.3 Å². The van der Waals surface area contributed by atoms with Gasteiger partial charge >= 0.3 is 0 Å². The van der Waals surface area contributed by atoms with Gasteiger partial charge in [-0.1, -0.05) is 97.8 Å². The smallest absolute Gasteiger partial charge is 0.127 e. The molecule has 0 fully saturated rings. The van der Waals surface area contributed by atoms with Gasteiger partial charge in [-0.15, -0.1) is 11.3 Å². The molecule has 2 aromatic rings. The molecule has 2 aromatic heterocycles. The molecule has 1 aliphatic heterocycles. The van der Waals surface area contributed by atoms with Crippen LogP contribution in [-0.4, -0.2) is 29.3 Å². The molecule has 1 nitrogen and oxygen atoms in total. The first-order chi connectivity index (χ1) is 14.3. The first-order valence-corrected chi connectivity index (χ1v) is 23.9. The van der Waals surface area contributed by atoms with Gasteiger partial charge in [-0.05, 0) is 37.8 Å². The second-order valence-electron chi connectivity index (χ2n) is 12.1. The topological polar surface area (TPSA) is 20.2 Å². The summed E-state index contributed by atoms with van der Waals surface area (Å²) in [7, 11) is -4.51. The lowest BCUT2D eigenvalue weighted by molar-refractivity contribution is 0.167. The van der Waals surface area contributed by atoms with Crippen molar-refractivity contribution in [1.82, 2.24) is 0 Å². The predicted molar refractivity (Wildman–Crippen MR) is 153 cm³/mol. The van der Waals surface area contributed by atoms with Gasteiger partial charge in [0.1, 0.15) is 8.07 Å². The van der Waals surface area contributed by atoms with E-state index in [9.17, 15) is 5.11 Å². The van der Waals surface area contributed by atoms with Gasteiger partial charge in [-0.3, -0.25) is 0 Å². The fourth-order valence-electron chi connectivity index (χ4n) is 4.94. The summed E-state index contributed by atoms with van der Waals surface area (Å²) in [6.45, 7) is 22.5. The van der Waals surface area contributed by atoms with Crippen molar-refractivity contribution in [1.29, 1.82) is 0 Å². The van der Waals surface area contributed by atoms with Crippen LogP contribution < -0.4 is 18.7 Å². The molecular weight excluding hydrogens is 465 g/mol. The quantitative estimate of drug-likeness (QED) is 0.287. The van der Waals surface area contributed by atoms with Gasteiger partial charge in [0.25, 0.3) is 0 Å². The number of fused-ring (bicyclic) bond motifs is 3. The third-order valence-corrected chi connectivity index (χ3v) is 21.4. The van der Waals surface area contributed by atoms with Gasteiger partial charge in [-0.25, -0.2) is 0 Å². The van der Waals surface area contributed by atoms with Crippen LogP contribution in [-0.2, 0) is 0 Å². The fourth-order valence-corrected chi connectivity index (χ4v) is 19.3. The molecule has 1 N–H and O–H groups in total. The Hall–Kier alpha value is 0.0106. The summed E-state index contributed by atoms with van der Waals surface area (Å²) in [6, 6.07) is 2.41. The summed E-state index contributed by atoms with van der Waals surface area (Å²) in [6.07, 6.45) is 8.37. The lowest BCUT2D eigenvalue weighted by Gasteiger charge is -2.24. The molecule has 0 aromatic carbocycles. The molecule has 0 spiro atoms. The standard InChI is InChI=1S/C25H44OS2Si3/c1-10-11-12-13-14-15-16-19(26)20-17-18-21-22(31(8,9)23(18)27-20)25(30(5,6)7)28-24(21)29(2,3)4/h17,19,26H,10-16H2,1-9H3. The van der Waals surface area contributed by atoms with Gasteiger partial charge < -0.3 is 5.11 Å². The van der Waals surface area contributed by atoms with Crippen molar-refractivity contribution in [2.45, 2.75) is 110 Å². The van der Waals surface area contributed by atoms with E-state index < -0.39 is 24.2 Å². The molecule has 0 saturated heterocycles. The fraction of sp³-hybridized carbons (Fsp3) is 0.680. The molecule has 6 heteroatoms. The molecule has 3 rings (SSSR count).